The van der Waals surface area contributed by atoms with E-state index in [9.17, 15) is 19.2 Å². The van der Waals surface area contributed by atoms with Gasteiger partial charge in [-0.15, -0.1) is 0 Å². The van der Waals surface area contributed by atoms with Crippen LogP contribution in [0.3, 0.4) is 0 Å². The number of carbonyl (C=O) groups excluding carboxylic acids is 2. The van der Waals surface area contributed by atoms with Gasteiger partial charge in [-0.05, 0) is 73.5 Å². The van der Waals surface area contributed by atoms with Crippen molar-refractivity contribution in [2.24, 2.45) is 0 Å². The molecule has 8 heteroatoms. The Labute approximate surface area is 203 Å². The summed E-state index contributed by atoms with van der Waals surface area (Å²) in [7, 11) is 3.15. The molecule has 0 saturated heterocycles. The molecule has 0 radical (unpaired) electrons. The molecule has 180 valence electrons. The second-order valence-electron chi connectivity index (χ2n) is 7.98. The van der Waals surface area contributed by atoms with Crippen molar-refractivity contribution in [3.63, 3.8) is 0 Å². The van der Waals surface area contributed by atoms with Gasteiger partial charge in [-0.2, -0.15) is 5.26 Å². The van der Waals surface area contributed by atoms with Crippen LogP contribution >= 0.6 is 0 Å². The van der Waals surface area contributed by atoms with Crippen molar-refractivity contribution in [1.82, 2.24) is 9.47 Å². The van der Waals surface area contributed by atoms with Crippen molar-refractivity contribution in [1.29, 1.82) is 5.26 Å². The number of halogens is 1. The van der Waals surface area contributed by atoms with Gasteiger partial charge in [0.25, 0.3) is 5.91 Å². The molecule has 1 amide bonds. The van der Waals surface area contributed by atoms with E-state index < -0.39 is 18.5 Å². The summed E-state index contributed by atoms with van der Waals surface area (Å²) in [5.41, 5.74) is 3.88. The first-order valence-corrected chi connectivity index (χ1v) is 10.8. The number of likely N-dealkylation sites (N-methyl/N-ethyl adjacent to an activating group) is 1. The highest BCUT2D eigenvalue weighted by Gasteiger charge is 2.18. The first-order chi connectivity index (χ1) is 16.7. The fourth-order valence-electron chi connectivity index (χ4n) is 3.62. The van der Waals surface area contributed by atoms with Crippen LogP contribution in [0.5, 0.6) is 5.75 Å². The number of carbonyl (C=O) groups is 2. The molecule has 0 fully saturated rings. The molecule has 1 aromatic heterocycles. The van der Waals surface area contributed by atoms with Gasteiger partial charge in [0.2, 0.25) is 0 Å². The van der Waals surface area contributed by atoms with E-state index >= 15 is 0 Å². The molecule has 0 aliphatic rings. The topological polar surface area (TPSA) is 84.6 Å². The third kappa shape index (κ3) is 6.15. The Hall–Kier alpha value is -4.38. The van der Waals surface area contributed by atoms with Gasteiger partial charge in [-0.1, -0.05) is 12.1 Å². The molecule has 7 nitrogen and oxygen atoms in total. The van der Waals surface area contributed by atoms with E-state index in [0.29, 0.717) is 5.56 Å². The molecule has 2 aromatic carbocycles. The van der Waals surface area contributed by atoms with Gasteiger partial charge in [0.15, 0.2) is 6.61 Å². The molecule has 3 aromatic rings. The number of hydrogen-bond acceptors (Lipinski definition) is 5. The van der Waals surface area contributed by atoms with Crippen molar-refractivity contribution < 1.29 is 23.5 Å². The molecule has 0 saturated carbocycles. The van der Waals surface area contributed by atoms with Gasteiger partial charge in [0.1, 0.15) is 23.2 Å². The Balaban J connectivity index is 1.69. The number of amides is 1. The van der Waals surface area contributed by atoms with E-state index in [4.69, 9.17) is 9.47 Å². The highest BCUT2D eigenvalue weighted by atomic mass is 19.1. The minimum absolute atomic E-state index is 0.214. The minimum atomic E-state index is -0.884. The van der Waals surface area contributed by atoms with E-state index in [1.807, 2.05) is 54.8 Å². The lowest BCUT2D eigenvalue weighted by Crippen LogP contribution is -2.31. The number of benzene rings is 2. The van der Waals surface area contributed by atoms with E-state index in [1.165, 1.54) is 23.1 Å². The third-order valence-corrected chi connectivity index (χ3v) is 5.53. The first kappa shape index (κ1) is 25.2. The van der Waals surface area contributed by atoms with E-state index in [2.05, 4.69) is 0 Å². The summed E-state index contributed by atoms with van der Waals surface area (Å²) < 4.78 is 25.3. The van der Waals surface area contributed by atoms with E-state index in [0.717, 1.165) is 28.4 Å². The molecule has 0 N–H and O–H groups in total. The Kier molecular flexibility index (Phi) is 8.05. The normalized spacial score (nSPS) is 11.0. The number of ether oxygens (including phenoxy) is 2. The Bertz CT molecular complexity index is 1290. The zero-order valence-corrected chi connectivity index (χ0v) is 20.0. The Morgan fingerprint density at radius 1 is 1.11 bits per heavy atom. The largest absolute Gasteiger partial charge is 0.497 e. The molecular formula is C27H26FN3O4. The lowest BCUT2D eigenvalue weighted by molar-refractivity contribution is -0.148. The second kappa shape index (κ2) is 11.2. The predicted molar refractivity (Wildman–Crippen MR) is 129 cm³/mol. The number of hydrogen-bond donors (Lipinski definition) is 0. The van der Waals surface area contributed by atoms with Crippen LogP contribution in [-0.2, 0) is 20.9 Å². The summed E-state index contributed by atoms with van der Waals surface area (Å²) in [4.78, 5) is 26.2. The molecule has 3 rings (SSSR count). The van der Waals surface area contributed by atoms with Gasteiger partial charge < -0.3 is 18.9 Å². The highest BCUT2D eigenvalue weighted by Crippen LogP contribution is 2.24. The summed E-state index contributed by atoms with van der Waals surface area (Å²) in [5, 5.41) is 9.53. The summed E-state index contributed by atoms with van der Waals surface area (Å²) in [6.45, 7) is 3.53. The number of nitrogens with zero attached hydrogens (tertiary/aromatic N) is 3. The predicted octanol–water partition coefficient (Wildman–Crippen LogP) is 4.35. The maximum atomic E-state index is 13.0. The van der Waals surface area contributed by atoms with Gasteiger partial charge in [-0.3, -0.25) is 4.79 Å². The van der Waals surface area contributed by atoms with Crippen LogP contribution in [0.25, 0.3) is 11.8 Å². The summed E-state index contributed by atoms with van der Waals surface area (Å²) in [6, 6.07) is 17.0. The highest BCUT2D eigenvalue weighted by molar-refractivity contribution is 5.99. The molecule has 0 bridgehead atoms. The summed E-state index contributed by atoms with van der Waals surface area (Å²) in [6.07, 6.45) is 1.46. The van der Waals surface area contributed by atoms with Crippen LogP contribution in [0.2, 0.25) is 0 Å². The minimum Gasteiger partial charge on any atom is -0.497 e. The number of nitriles is 1. The summed E-state index contributed by atoms with van der Waals surface area (Å²) in [5.74, 6) is -0.955. The zero-order valence-electron chi connectivity index (χ0n) is 20.0. The van der Waals surface area contributed by atoms with E-state index in [1.54, 1.807) is 26.3 Å². The number of esters is 1. The Morgan fingerprint density at radius 3 is 2.37 bits per heavy atom. The quantitative estimate of drug-likeness (QED) is 0.275. The molecule has 0 aliphatic carbocycles. The maximum absolute atomic E-state index is 13.0. The summed E-state index contributed by atoms with van der Waals surface area (Å²) >= 11 is 0. The lowest BCUT2D eigenvalue weighted by atomic mass is 10.1. The second-order valence-corrected chi connectivity index (χ2v) is 7.98. The fraction of sp³-hybridized carbons (Fsp3) is 0.222. The monoisotopic (exact) mass is 475 g/mol. The molecule has 0 spiro atoms. The third-order valence-electron chi connectivity index (χ3n) is 5.53. The van der Waals surface area contributed by atoms with Crippen LogP contribution in [0.15, 0.2) is 60.2 Å². The lowest BCUT2D eigenvalue weighted by Gasteiger charge is -2.17. The maximum Gasteiger partial charge on any atom is 0.349 e. The Morgan fingerprint density at radius 2 is 1.77 bits per heavy atom. The molecule has 1 heterocycles. The number of aromatic nitrogens is 1. The first-order valence-electron chi connectivity index (χ1n) is 10.8. The van der Waals surface area contributed by atoms with Crippen molar-refractivity contribution in [2.45, 2.75) is 20.4 Å². The van der Waals surface area contributed by atoms with Crippen LogP contribution in [0.4, 0.5) is 4.39 Å². The average molecular weight is 476 g/mol. The molecule has 35 heavy (non-hydrogen) atoms. The van der Waals surface area contributed by atoms with Crippen LogP contribution in [-0.4, -0.2) is 42.1 Å². The molecule has 0 unspecified atom stereocenters. The van der Waals surface area contributed by atoms with Crippen molar-refractivity contribution >= 4 is 18.0 Å². The van der Waals surface area contributed by atoms with Gasteiger partial charge >= 0.3 is 5.97 Å². The van der Waals surface area contributed by atoms with Crippen molar-refractivity contribution in [3.8, 4) is 17.5 Å². The molecule has 0 aliphatic heterocycles. The van der Waals surface area contributed by atoms with Crippen LogP contribution < -0.4 is 4.74 Å². The fourth-order valence-corrected chi connectivity index (χ4v) is 3.62. The smallest absolute Gasteiger partial charge is 0.349 e. The standard InChI is InChI=1S/C27H26FN3O4/c1-18-13-21(19(2)31(18)24-9-11-25(34-4)12-10-24)14-22(15-29)27(33)35-17-26(32)30(3)16-20-5-7-23(28)8-6-20/h5-14H,16-17H2,1-4H3/b22-14+. The van der Waals surface area contributed by atoms with Crippen LogP contribution in [0, 0.1) is 31.0 Å². The number of methoxy groups -OCH3 is 1. The zero-order chi connectivity index (χ0) is 25.5. The van der Waals surface area contributed by atoms with Gasteiger partial charge in [-0.25, -0.2) is 9.18 Å². The van der Waals surface area contributed by atoms with E-state index in [-0.39, 0.29) is 17.9 Å². The number of rotatable bonds is 8. The SMILES string of the molecule is COc1ccc(-n2c(C)cc(/C=C(\C#N)C(=O)OCC(=O)N(C)Cc3ccc(F)cc3)c2C)cc1. The molecule has 0 atom stereocenters. The van der Waals surface area contributed by atoms with Gasteiger partial charge in [0.05, 0.1) is 7.11 Å². The van der Waals surface area contributed by atoms with Gasteiger partial charge in [0, 0.05) is 30.7 Å². The van der Waals surface area contributed by atoms with Crippen molar-refractivity contribution in [3.05, 3.63) is 88.5 Å². The number of aryl methyl sites for hydroxylation is 1. The molecular weight excluding hydrogens is 449 g/mol. The van der Waals surface area contributed by atoms with Crippen molar-refractivity contribution in [2.75, 3.05) is 20.8 Å². The average Bonchev–Trinajstić information content (AvgIpc) is 3.14. The van der Waals surface area contributed by atoms with Crippen LogP contribution in [0.1, 0.15) is 22.5 Å².